The predicted octanol–water partition coefficient (Wildman–Crippen LogP) is 4.01. The van der Waals surface area contributed by atoms with Gasteiger partial charge in [0.05, 0.1) is 11.6 Å². The molecule has 1 aliphatic carbocycles. The molecule has 0 aliphatic heterocycles. The van der Waals surface area contributed by atoms with E-state index < -0.39 is 5.54 Å². The maximum Gasteiger partial charge on any atom is 0.256 e. The first kappa shape index (κ1) is 14.4. The number of hydrogen-bond donors (Lipinski definition) is 0. The van der Waals surface area contributed by atoms with Crippen molar-refractivity contribution in [3.63, 3.8) is 0 Å². The summed E-state index contributed by atoms with van der Waals surface area (Å²) in [5.74, 6) is -0.127. The first-order valence-electron chi connectivity index (χ1n) is 6.07. The van der Waals surface area contributed by atoms with E-state index in [9.17, 15) is 10.1 Å². The molecule has 0 N–H and O–H groups in total. The van der Waals surface area contributed by atoms with E-state index in [1.807, 2.05) is 0 Å². The molecule has 5 heteroatoms. The second kappa shape index (κ2) is 5.15. The summed E-state index contributed by atoms with van der Waals surface area (Å²) >= 11 is 9.25. The zero-order valence-electron chi connectivity index (χ0n) is 10.8. The van der Waals surface area contributed by atoms with Gasteiger partial charge in [0.25, 0.3) is 5.91 Å². The lowest BCUT2D eigenvalue weighted by Gasteiger charge is -2.33. The molecule has 0 spiro atoms. The second-order valence-corrected chi connectivity index (χ2v) is 6.49. The van der Waals surface area contributed by atoms with Gasteiger partial charge in [-0.05, 0) is 60.8 Å². The summed E-state index contributed by atoms with van der Waals surface area (Å²) in [7, 11) is 0. The van der Waals surface area contributed by atoms with E-state index in [0.717, 1.165) is 12.8 Å². The third-order valence-corrected chi connectivity index (χ3v) is 4.06. The van der Waals surface area contributed by atoms with Crippen LogP contribution in [-0.2, 0) is 0 Å². The van der Waals surface area contributed by atoms with Crippen LogP contribution < -0.4 is 0 Å². The van der Waals surface area contributed by atoms with Crippen LogP contribution in [0.25, 0.3) is 0 Å². The molecule has 0 unspecified atom stereocenters. The van der Waals surface area contributed by atoms with Crippen LogP contribution >= 0.6 is 27.5 Å². The Morgan fingerprint density at radius 3 is 2.63 bits per heavy atom. The van der Waals surface area contributed by atoms with Gasteiger partial charge in [-0.3, -0.25) is 4.79 Å². The van der Waals surface area contributed by atoms with Crippen molar-refractivity contribution in [2.24, 2.45) is 0 Å². The summed E-state index contributed by atoms with van der Waals surface area (Å²) in [6, 6.07) is 7.45. The van der Waals surface area contributed by atoms with Gasteiger partial charge < -0.3 is 4.90 Å². The van der Waals surface area contributed by atoms with Gasteiger partial charge in [-0.15, -0.1) is 0 Å². The van der Waals surface area contributed by atoms with Crippen LogP contribution in [0, 0.1) is 11.3 Å². The monoisotopic (exact) mass is 340 g/mol. The fourth-order valence-electron chi connectivity index (χ4n) is 2.06. The van der Waals surface area contributed by atoms with E-state index in [-0.39, 0.29) is 11.9 Å². The van der Waals surface area contributed by atoms with Gasteiger partial charge in [-0.1, -0.05) is 11.6 Å². The van der Waals surface area contributed by atoms with Crippen LogP contribution in [-0.4, -0.2) is 22.4 Å². The third kappa shape index (κ3) is 2.93. The predicted molar refractivity (Wildman–Crippen MR) is 78.0 cm³/mol. The van der Waals surface area contributed by atoms with E-state index in [1.54, 1.807) is 36.9 Å². The molecule has 0 heterocycles. The highest BCUT2D eigenvalue weighted by Gasteiger charge is 2.42. The maximum absolute atomic E-state index is 12.7. The average Bonchev–Trinajstić information content (AvgIpc) is 3.13. The molecule has 1 aromatic rings. The molecular weight excluding hydrogens is 328 g/mol. The van der Waals surface area contributed by atoms with Gasteiger partial charge in [-0.2, -0.15) is 5.26 Å². The Morgan fingerprint density at radius 2 is 2.16 bits per heavy atom. The van der Waals surface area contributed by atoms with Crippen molar-refractivity contribution in [1.29, 1.82) is 5.26 Å². The zero-order chi connectivity index (χ0) is 14.2. The zero-order valence-corrected chi connectivity index (χ0v) is 13.1. The molecule has 1 aliphatic rings. The van der Waals surface area contributed by atoms with Gasteiger partial charge in [0.15, 0.2) is 0 Å². The Balaban J connectivity index is 2.38. The summed E-state index contributed by atoms with van der Waals surface area (Å²) in [4.78, 5) is 14.3. The highest BCUT2D eigenvalue weighted by atomic mass is 79.9. The topological polar surface area (TPSA) is 44.1 Å². The molecule has 1 saturated carbocycles. The molecule has 3 nitrogen and oxygen atoms in total. The van der Waals surface area contributed by atoms with E-state index in [1.165, 1.54) is 0 Å². The number of carbonyl (C=O) groups excluding carboxylic acids is 1. The summed E-state index contributed by atoms with van der Waals surface area (Å²) in [6.07, 6.45) is 1.92. The number of nitrogens with zero attached hydrogens (tertiary/aromatic N) is 2. The molecule has 0 saturated heterocycles. The highest BCUT2D eigenvalue weighted by molar-refractivity contribution is 9.10. The van der Waals surface area contributed by atoms with E-state index in [0.29, 0.717) is 15.1 Å². The maximum atomic E-state index is 12.7. The van der Waals surface area contributed by atoms with Crippen LogP contribution in [0.2, 0.25) is 5.02 Å². The lowest BCUT2D eigenvalue weighted by Crippen LogP contribution is -2.48. The molecular formula is C14H14BrClN2O. The van der Waals surface area contributed by atoms with Gasteiger partial charge in [-0.25, -0.2) is 0 Å². The van der Waals surface area contributed by atoms with Gasteiger partial charge in [0.1, 0.15) is 5.54 Å². The first-order valence-corrected chi connectivity index (χ1v) is 7.24. The molecule has 19 heavy (non-hydrogen) atoms. The van der Waals surface area contributed by atoms with Crippen molar-refractivity contribution in [1.82, 2.24) is 4.90 Å². The normalized spacial score (nSPS) is 14.9. The molecule has 0 radical (unpaired) electrons. The first-order chi connectivity index (χ1) is 8.86. The van der Waals surface area contributed by atoms with Crippen LogP contribution in [0.1, 0.15) is 37.0 Å². The number of benzene rings is 1. The van der Waals surface area contributed by atoms with Crippen LogP contribution in [0.4, 0.5) is 0 Å². The number of amides is 1. The van der Waals surface area contributed by atoms with E-state index >= 15 is 0 Å². The Kier molecular flexibility index (Phi) is 3.89. The minimum absolute atomic E-state index is 0.127. The Bertz CT molecular complexity index is 561. The minimum Gasteiger partial charge on any atom is -0.317 e. The highest BCUT2D eigenvalue weighted by Crippen LogP contribution is 2.35. The van der Waals surface area contributed by atoms with Crippen molar-refractivity contribution in [3.8, 4) is 6.07 Å². The van der Waals surface area contributed by atoms with Crippen molar-refractivity contribution in [3.05, 3.63) is 33.3 Å². The number of carbonyl (C=O) groups is 1. The second-order valence-electron chi connectivity index (χ2n) is 5.20. The number of nitriles is 1. The van der Waals surface area contributed by atoms with E-state index in [2.05, 4.69) is 22.0 Å². The molecule has 100 valence electrons. The average molecular weight is 342 g/mol. The van der Waals surface area contributed by atoms with Crippen molar-refractivity contribution in [2.45, 2.75) is 38.3 Å². The van der Waals surface area contributed by atoms with Gasteiger partial charge in [0.2, 0.25) is 0 Å². The smallest absolute Gasteiger partial charge is 0.256 e. The molecule has 0 atom stereocenters. The fourth-order valence-corrected chi connectivity index (χ4v) is 2.91. The Hall–Kier alpha value is -1.05. The summed E-state index contributed by atoms with van der Waals surface area (Å²) in [6.45, 7) is 3.54. The van der Waals surface area contributed by atoms with Crippen LogP contribution in [0.15, 0.2) is 22.7 Å². The van der Waals surface area contributed by atoms with Gasteiger partial charge in [0, 0.05) is 15.5 Å². The number of rotatable bonds is 3. The molecule has 1 amide bonds. The van der Waals surface area contributed by atoms with Crippen LogP contribution in [0.5, 0.6) is 0 Å². The largest absolute Gasteiger partial charge is 0.317 e. The number of halogens is 2. The fraction of sp³-hybridized carbons (Fsp3) is 0.429. The summed E-state index contributed by atoms with van der Waals surface area (Å²) in [5, 5.41) is 9.84. The lowest BCUT2D eigenvalue weighted by atomic mass is 10.0. The summed E-state index contributed by atoms with van der Waals surface area (Å²) < 4.78 is 0.657. The molecule has 1 fully saturated rings. The molecule has 0 bridgehead atoms. The van der Waals surface area contributed by atoms with E-state index in [4.69, 9.17) is 11.6 Å². The lowest BCUT2D eigenvalue weighted by molar-refractivity contribution is 0.0614. The Morgan fingerprint density at radius 1 is 1.53 bits per heavy atom. The van der Waals surface area contributed by atoms with Gasteiger partial charge >= 0.3 is 0 Å². The standard InChI is InChI=1S/C14H14BrClN2O/c1-14(2,8-17)18(10-4-5-10)13(19)11-6-3-9(16)7-12(11)15/h3,6-7,10H,4-5H2,1-2H3. The SMILES string of the molecule is CC(C)(C#N)N(C(=O)c1ccc(Cl)cc1Br)C1CC1. The summed E-state index contributed by atoms with van der Waals surface area (Å²) in [5.41, 5.74) is -0.267. The molecule has 2 rings (SSSR count). The number of hydrogen-bond acceptors (Lipinski definition) is 2. The third-order valence-electron chi connectivity index (χ3n) is 3.17. The molecule has 1 aromatic carbocycles. The Labute approximate surface area is 126 Å². The van der Waals surface area contributed by atoms with Crippen molar-refractivity contribution < 1.29 is 4.79 Å². The molecule has 0 aromatic heterocycles. The van der Waals surface area contributed by atoms with Crippen LogP contribution in [0.3, 0.4) is 0 Å². The van der Waals surface area contributed by atoms with Crippen molar-refractivity contribution >= 4 is 33.4 Å². The van der Waals surface area contributed by atoms with Crippen molar-refractivity contribution in [2.75, 3.05) is 0 Å². The quantitative estimate of drug-likeness (QED) is 0.834. The minimum atomic E-state index is -0.808.